The topological polar surface area (TPSA) is 105 Å². The maximum atomic E-state index is 12.7. The van der Waals surface area contributed by atoms with E-state index < -0.39 is 42.2 Å². The number of esters is 4. The highest BCUT2D eigenvalue weighted by atomic mass is 16.6. The molecule has 0 saturated heterocycles. The van der Waals surface area contributed by atoms with Crippen LogP contribution < -0.4 is 0 Å². The molecule has 1 aliphatic carbocycles. The van der Waals surface area contributed by atoms with Crippen LogP contribution in [0, 0.1) is 11.8 Å². The monoisotopic (exact) mass is 510 g/mol. The van der Waals surface area contributed by atoms with Gasteiger partial charge in [-0.2, -0.15) is 0 Å². The smallest absolute Gasteiger partial charge is 0.333 e. The van der Waals surface area contributed by atoms with Gasteiger partial charge in [-0.05, 0) is 25.3 Å². The Balaban J connectivity index is 3.04. The minimum absolute atomic E-state index is 0.00159. The van der Waals surface area contributed by atoms with Gasteiger partial charge in [0.1, 0.15) is 6.10 Å². The Kier molecular flexibility index (Phi) is 15.1. The molecule has 8 nitrogen and oxygen atoms in total. The van der Waals surface area contributed by atoms with Crippen molar-refractivity contribution < 1.29 is 38.1 Å². The first-order valence-electron chi connectivity index (χ1n) is 13.6. The Morgan fingerprint density at radius 1 is 0.833 bits per heavy atom. The fourth-order valence-corrected chi connectivity index (χ4v) is 3.83. The van der Waals surface area contributed by atoms with Gasteiger partial charge >= 0.3 is 23.9 Å². The number of methoxy groups -OCH3 is 1. The minimum atomic E-state index is -1.07. The van der Waals surface area contributed by atoms with Gasteiger partial charge in [0, 0.05) is 18.4 Å². The molecule has 0 aromatic carbocycles. The molecule has 36 heavy (non-hydrogen) atoms. The van der Waals surface area contributed by atoms with E-state index in [1.54, 1.807) is 13.8 Å². The quantitative estimate of drug-likeness (QED) is 0.153. The van der Waals surface area contributed by atoms with Gasteiger partial charge in [0.05, 0.1) is 18.9 Å². The van der Waals surface area contributed by atoms with E-state index >= 15 is 0 Å². The van der Waals surface area contributed by atoms with Crippen LogP contribution in [0.1, 0.15) is 105 Å². The SMILES string of the molecule is CCCCCCCCCC(=O)O[C@@H]1[C@H](OC(=O)[C@H](C)CC)C=C(C(=O)OC)C[C@H]1OC(=O)[C@H](C)CC. The highest BCUT2D eigenvalue weighted by Crippen LogP contribution is 2.29. The molecule has 0 aliphatic heterocycles. The van der Waals surface area contributed by atoms with Crippen molar-refractivity contribution in [1.82, 2.24) is 0 Å². The van der Waals surface area contributed by atoms with Gasteiger partial charge in [0.25, 0.3) is 0 Å². The number of carbonyl (C=O) groups is 4. The molecule has 206 valence electrons. The molecule has 0 aromatic heterocycles. The first kappa shape index (κ1) is 31.6. The fourth-order valence-electron chi connectivity index (χ4n) is 3.83. The number of rotatable bonds is 16. The number of hydrogen-bond donors (Lipinski definition) is 0. The zero-order valence-corrected chi connectivity index (χ0v) is 23.0. The molecular formula is C28H46O8. The van der Waals surface area contributed by atoms with Gasteiger partial charge in [0.15, 0.2) is 12.2 Å². The number of unbranched alkanes of at least 4 members (excludes halogenated alkanes) is 6. The third-order valence-electron chi connectivity index (χ3n) is 6.73. The molecule has 5 atom stereocenters. The summed E-state index contributed by atoms with van der Waals surface area (Å²) < 4.78 is 22.0. The van der Waals surface area contributed by atoms with E-state index in [0.717, 1.165) is 19.3 Å². The summed E-state index contributed by atoms with van der Waals surface area (Å²) in [7, 11) is 1.25. The van der Waals surface area contributed by atoms with Crippen LogP contribution in [-0.2, 0) is 38.1 Å². The molecule has 0 aromatic rings. The van der Waals surface area contributed by atoms with Gasteiger partial charge in [0.2, 0.25) is 0 Å². The summed E-state index contributed by atoms with van der Waals surface area (Å²) >= 11 is 0. The van der Waals surface area contributed by atoms with Gasteiger partial charge in [-0.25, -0.2) is 4.79 Å². The van der Waals surface area contributed by atoms with Crippen LogP contribution in [0.15, 0.2) is 11.6 Å². The average Bonchev–Trinajstić information content (AvgIpc) is 2.87. The summed E-state index contributed by atoms with van der Waals surface area (Å²) in [5.74, 6) is -2.76. The first-order chi connectivity index (χ1) is 17.2. The molecule has 0 unspecified atom stereocenters. The molecule has 0 spiro atoms. The molecule has 1 aliphatic rings. The largest absolute Gasteiger partial charge is 0.466 e. The van der Waals surface area contributed by atoms with E-state index in [4.69, 9.17) is 18.9 Å². The second kappa shape index (κ2) is 17.1. The maximum Gasteiger partial charge on any atom is 0.333 e. The molecule has 0 fully saturated rings. The van der Waals surface area contributed by atoms with E-state index in [9.17, 15) is 19.2 Å². The summed E-state index contributed by atoms with van der Waals surface area (Å²) in [6, 6.07) is 0. The Labute approximate surface area is 216 Å². The Morgan fingerprint density at radius 2 is 1.39 bits per heavy atom. The molecule has 0 saturated carbocycles. The van der Waals surface area contributed by atoms with Crippen molar-refractivity contribution in [3.8, 4) is 0 Å². The molecular weight excluding hydrogens is 464 g/mol. The first-order valence-corrected chi connectivity index (χ1v) is 13.6. The van der Waals surface area contributed by atoms with Crippen LogP contribution in [0.3, 0.4) is 0 Å². The second-order valence-electron chi connectivity index (χ2n) is 9.71. The van der Waals surface area contributed by atoms with Crippen LogP contribution in [0.2, 0.25) is 0 Å². The Bertz CT molecular complexity index is 744. The zero-order valence-electron chi connectivity index (χ0n) is 23.0. The lowest BCUT2D eigenvalue weighted by atomic mass is 9.91. The van der Waals surface area contributed by atoms with E-state index in [1.807, 2.05) is 13.8 Å². The highest BCUT2D eigenvalue weighted by Gasteiger charge is 2.43. The fraction of sp³-hybridized carbons (Fsp3) is 0.786. The lowest BCUT2D eigenvalue weighted by Crippen LogP contribution is -2.49. The van der Waals surface area contributed by atoms with Crippen LogP contribution in [0.25, 0.3) is 0 Å². The van der Waals surface area contributed by atoms with Crippen LogP contribution >= 0.6 is 0 Å². The lowest BCUT2D eigenvalue weighted by Gasteiger charge is -2.35. The van der Waals surface area contributed by atoms with E-state index in [-0.39, 0.29) is 30.3 Å². The third-order valence-corrected chi connectivity index (χ3v) is 6.73. The van der Waals surface area contributed by atoms with E-state index in [0.29, 0.717) is 19.3 Å². The lowest BCUT2D eigenvalue weighted by molar-refractivity contribution is -0.186. The normalized spacial score (nSPS) is 21.1. The van der Waals surface area contributed by atoms with Gasteiger partial charge in [-0.3, -0.25) is 14.4 Å². The van der Waals surface area contributed by atoms with Crippen molar-refractivity contribution in [3.63, 3.8) is 0 Å². The van der Waals surface area contributed by atoms with E-state index in [1.165, 1.54) is 32.4 Å². The molecule has 1 rings (SSSR count). The Morgan fingerprint density at radius 3 is 1.94 bits per heavy atom. The van der Waals surface area contributed by atoms with Gasteiger partial charge < -0.3 is 18.9 Å². The average molecular weight is 511 g/mol. The maximum absolute atomic E-state index is 12.7. The summed E-state index contributed by atoms with van der Waals surface area (Å²) in [5.41, 5.74) is 0.209. The van der Waals surface area contributed by atoms with E-state index in [2.05, 4.69) is 6.92 Å². The van der Waals surface area contributed by atoms with Crippen molar-refractivity contribution >= 4 is 23.9 Å². The summed E-state index contributed by atoms with van der Waals surface area (Å²) in [4.78, 5) is 50.3. The summed E-state index contributed by atoms with van der Waals surface area (Å²) in [6.45, 7) is 9.37. The molecule has 0 N–H and O–H groups in total. The highest BCUT2D eigenvalue weighted by molar-refractivity contribution is 5.89. The Hall–Kier alpha value is -2.38. The standard InChI is InChI=1S/C28H46O8/c1-7-10-11-12-13-14-15-16-24(29)36-25-22(34-26(30)19(4)8-2)17-21(28(32)33-6)18-23(25)35-27(31)20(5)9-3/h17,19-20,22-23,25H,7-16,18H2,1-6H3/t19-,20-,22-,23-,25-/m1/s1. The van der Waals surface area contributed by atoms with Crippen LogP contribution in [0.4, 0.5) is 0 Å². The summed E-state index contributed by atoms with van der Waals surface area (Å²) in [5, 5.41) is 0. The van der Waals surface area contributed by atoms with Crippen molar-refractivity contribution in [2.75, 3.05) is 7.11 Å². The van der Waals surface area contributed by atoms with Crippen molar-refractivity contribution in [3.05, 3.63) is 11.6 Å². The van der Waals surface area contributed by atoms with Crippen molar-refractivity contribution in [2.24, 2.45) is 11.8 Å². The molecule has 8 heteroatoms. The predicted molar refractivity (Wildman–Crippen MR) is 136 cm³/mol. The minimum Gasteiger partial charge on any atom is -0.466 e. The van der Waals surface area contributed by atoms with Crippen LogP contribution in [0.5, 0.6) is 0 Å². The molecule has 0 amide bonds. The van der Waals surface area contributed by atoms with Gasteiger partial charge in [-0.15, -0.1) is 0 Å². The predicted octanol–water partition coefficient (Wildman–Crippen LogP) is 5.46. The molecule has 0 heterocycles. The summed E-state index contributed by atoms with van der Waals surface area (Å²) in [6.07, 6.45) is 7.15. The number of ether oxygens (including phenoxy) is 4. The van der Waals surface area contributed by atoms with Crippen LogP contribution in [-0.4, -0.2) is 49.3 Å². The third kappa shape index (κ3) is 10.7. The number of hydrogen-bond acceptors (Lipinski definition) is 8. The molecule has 0 bridgehead atoms. The molecule has 0 radical (unpaired) electrons. The zero-order chi connectivity index (χ0) is 27.1. The second-order valence-corrected chi connectivity index (χ2v) is 9.71. The van der Waals surface area contributed by atoms with Crippen molar-refractivity contribution in [2.45, 2.75) is 124 Å². The van der Waals surface area contributed by atoms with Crippen molar-refractivity contribution in [1.29, 1.82) is 0 Å². The van der Waals surface area contributed by atoms with Gasteiger partial charge in [-0.1, -0.05) is 73.1 Å². The number of carbonyl (C=O) groups excluding carboxylic acids is 4.